The molecule has 0 radical (unpaired) electrons. The average molecular weight is 378 g/mol. The smallest absolute Gasteiger partial charge is 0.275 e. The Morgan fingerprint density at radius 1 is 1.07 bits per heavy atom. The molecule has 6 heteroatoms. The molecule has 2 heterocycles. The minimum atomic E-state index is 0.0139. The number of aromatic nitrogens is 2. The largest absolute Gasteiger partial charge is 0.493 e. The molecular formula is C22H26N4O2. The molecule has 3 aromatic rings. The molecule has 1 amide bonds. The van der Waals surface area contributed by atoms with Crippen molar-refractivity contribution in [2.45, 2.75) is 13.3 Å². The fourth-order valence-corrected chi connectivity index (χ4v) is 3.64. The van der Waals surface area contributed by atoms with Crippen LogP contribution in [-0.4, -0.2) is 65.2 Å². The molecule has 2 aromatic carbocycles. The zero-order valence-corrected chi connectivity index (χ0v) is 16.2. The molecule has 1 aromatic heterocycles. The summed E-state index contributed by atoms with van der Waals surface area (Å²) in [5, 5.41) is 8.08. The van der Waals surface area contributed by atoms with Crippen molar-refractivity contribution >= 4 is 16.8 Å². The number of amides is 1. The molecule has 4 rings (SSSR count). The number of fused-ring (bicyclic) bond motifs is 1. The first-order valence-corrected chi connectivity index (χ1v) is 9.85. The van der Waals surface area contributed by atoms with Crippen LogP contribution in [0.5, 0.6) is 5.75 Å². The maximum atomic E-state index is 12.8. The van der Waals surface area contributed by atoms with E-state index in [2.05, 4.69) is 28.1 Å². The number of piperazine rings is 1. The number of carbonyl (C=O) groups excluding carboxylic acids is 1. The average Bonchev–Trinajstić information content (AvgIpc) is 3.16. The van der Waals surface area contributed by atoms with Crippen LogP contribution in [0.15, 0.2) is 48.5 Å². The number of rotatable bonds is 6. The molecule has 6 nitrogen and oxygen atoms in total. The molecule has 0 bridgehead atoms. The molecule has 1 N–H and O–H groups in total. The molecule has 0 unspecified atom stereocenters. The summed E-state index contributed by atoms with van der Waals surface area (Å²) in [5.74, 6) is 0.976. The number of hydrogen-bond acceptors (Lipinski definition) is 4. The van der Waals surface area contributed by atoms with Crippen LogP contribution in [0.25, 0.3) is 10.9 Å². The SMILES string of the molecule is Cc1ccccc1OCCCN1CCN(C(=O)c2n[nH]c3ccccc23)CC1. The number of nitrogens with zero attached hydrogens (tertiary/aromatic N) is 3. The molecule has 0 atom stereocenters. The summed E-state index contributed by atoms with van der Waals surface area (Å²) in [7, 11) is 0. The Hall–Kier alpha value is -2.86. The van der Waals surface area contributed by atoms with Gasteiger partial charge >= 0.3 is 0 Å². The fraction of sp³-hybridized carbons (Fsp3) is 0.364. The van der Waals surface area contributed by atoms with Crippen molar-refractivity contribution in [2.75, 3.05) is 39.3 Å². The van der Waals surface area contributed by atoms with E-state index in [1.807, 2.05) is 47.4 Å². The highest BCUT2D eigenvalue weighted by atomic mass is 16.5. The first-order chi connectivity index (χ1) is 13.7. The Bertz CT molecular complexity index is 944. The number of hydrogen-bond donors (Lipinski definition) is 1. The lowest BCUT2D eigenvalue weighted by Gasteiger charge is -2.34. The van der Waals surface area contributed by atoms with Gasteiger partial charge in [0.25, 0.3) is 5.91 Å². The van der Waals surface area contributed by atoms with Gasteiger partial charge in [0, 0.05) is 38.1 Å². The van der Waals surface area contributed by atoms with Crippen LogP contribution in [0, 0.1) is 6.92 Å². The quantitative estimate of drug-likeness (QED) is 0.670. The Balaban J connectivity index is 1.23. The molecule has 28 heavy (non-hydrogen) atoms. The van der Waals surface area contributed by atoms with Gasteiger partial charge in [0.1, 0.15) is 5.75 Å². The predicted molar refractivity (Wildman–Crippen MR) is 110 cm³/mol. The van der Waals surface area contributed by atoms with Crippen molar-refractivity contribution in [3.8, 4) is 5.75 Å². The maximum Gasteiger partial charge on any atom is 0.275 e. The number of nitrogens with one attached hydrogen (secondary N) is 1. The lowest BCUT2D eigenvalue weighted by atomic mass is 10.2. The number of aryl methyl sites for hydroxylation is 1. The summed E-state index contributed by atoms with van der Waals surface area (Å²) in [5.41, 5.74) is 2.59. The number of benzene rings is 2. The second kappa shape index (κ2) is 8.44. The van der Waals surface area contributed by atoms with Crippen LogP contribution in [0.2, 0.25) is 0 Å². The number of ether oxygens (including phenoxy) is 1. The topological polar surface area (TPSA) is 61.5 Å². The van der Waals surface area contributed by atoms with Crippen molar-refractivity contribution < 1.29 is 9.53 Å². The van der Waals surface area contributed by atoms with Gasteiger partial charge in [0.15, 0.2) is 5.69 Å². The third kappa shape index (κ3) is 4.02. The molecular weight excluding hydrogens is 352 g/mol. The van der Waals surface area contributed by atoms with Crippen molar-refractivity contribution in [2.24, 2.45) is 0 Å². The molecule has 1 aliphatic rings. The van der Waals surface area contributed by atoms with Crippen molar-refractivity contribution in [3.05, 3.63) is 59.8 Å². The lowest BCUT2D eigenvalue weighted by molar-refractivity contribution is 0.0627. The van der Waals surface area contributed by atoms with Gasteiger partial charge in [-0.1, -0.05) is 36.4 Å². The normalized spacial score (nSPS) is 15.1. The second-order valence-corrected chi connectivity index (χ2v) is 7.22. The minimum Gasteiger partial charge on any atom is -0.493 e. The molecule has 0 aliphatic carbocycles. The van der Waals surface area contributed by atoms with E-state index in [9.17, 15) is 4.79 Å². The number of para-hydroxylation sites is 2. The molecule has 1 fully saturated rings. The monoisotopic (exact) mass is 378 g/mol. The van der Waals surface area contributed by atoms with Crippen LogP contribution in [0.4, 0.5) is 0 Å². The third-order valence-electron chi connectivity index (χ3n) is 5.30. The van der Waals surface area contributed by atoms with Gasteiger partial charge in [-0.3, -0.25) is 14.8 Å². The van der Waals surface area contributed by atoms with Crippen LogP contribution in [0.1, 0.15) is 22.5 Å². The Labute approximate surface area is 165 Å². The second-order valence-electron chi connectivity index (χ2n) is 7.22. The summed E-state index contributed by atoms with van der Waals surface area (Å²) < 4.78 is 5.87. The molecule has 0 saturated carbocycles. The van der Waals surface area contributed by atoms with Crippen LogP contribution >= 0.6 is 0 Å². The van der Waals surface area contributed by atoms with Gasteiger partial charge < -0.3 is 9.64 Å². The Morgan fingerprint density at radius 2 is 1.82 bits per heavy atom. The first-order valence-electron chi connectivity index (χ1n) is 9.85. The van der Waals surface area contributed by atoms with E-state index in [-0.39, 0.29) is 5.91 Å². The number of aromatic amines is 1. The van der Waals surface area contributed by atoms with Gasteiger partial charge in [-0.15, -0.1) is 0 Å². The van der Waals surface area contributed by atoms with Gasteiger partial charge in [0.05, 0.1) is 12.1 Å². The zero-order chi connectivity index (χ0) is 19.3. The highest BCUT2D eigenvalue weighted by molar-refractivity contribution is 6.04. The van der Waals surface area contributed by atoms with E-state index in [1.54, 1.807) is 0 Å². The van der Waals surface area contributed by atoms with E-state index >= 15 is 0 Å². The van der Waals surface area contributed by atoms with Gasteiger partial charge in [0.2, 0.25) is 0 Å². The van der Waals surface area contributed by atoms with Gasteiger partial charge in [-0.05, 0) is 31.0 Å². The predicted octanol–water partition coefficient (Wildman–Crippen LogP) is 3.10. The molecule has 146 valence electrons. The summed E-state index contributed by atoms with van der Waals surface area (Å²) in [6, 6.07) is 15.9. The Kier molecular flexibility index (Phi) is 5.58. The van der Waals surface area contributed by atoms with Crippen molar-refractivity contribution in [1.29, 1.82) is 0 Å². The molecule has 1 aliphatic heterocycles. The summed E-state index contributed by atoms with van der Waals surface area (Å²) in [6.45, 7) is 7.00. The summed E-state index contributed by atoms with van der Waals surface area (Å²) in [4.78, 5) is 17.1. The Morgan fingerprint density at radius 3 is 2.64 bits per heavy atom. The van der Waals surface area contributed by atoms with E-state index in [0.29, 0.717) is 12.3 Å². The first kappa shape index (κ1) is 18.5. The van der Waals surface area contributed by atoms with Crippen LogP contribution in [0.3, 0.4) is 0 Å². The molecule has 1 saturated heterocycles. The van der Waals surface area contributed by atoms with E-state index < -0.39 is 0 Å². The van der Waals surface area contributed by atoms with Gasteiger partial charge in [-0.2, -0.15) is 5.10 Å². The molecule has 0 spiro atoms. The van der Waals surface area contributed by atoms with E-state index in [4.69, 9.17) is 4.74 Å². The van der Waals surface area contributed by atoms with E-state index in [1.165, 1.54) is 5.56 Å². The number of carbonyl (C=O) groups is 1. The van der Waals surface area contributed by atoms with E-state index in [0.717, 1.165) is 55.8 Å². The minimum absolute atomic E-state index is 0.0139. The van der Waals surface area contributed by atoms with Crippen molar-refractivity contribution in [3.63, 3.8) is 0 Å². The van der Waals surface area contributed by atoms with Crippen LogP contribution in [-0.2, 0) is 0 Å². The summed E-state index contributed by atoms with van der Waals surface area (Å²) in [6.07, 6.45) is 0.978. The lowest BCUT2D eigenvalue weighted by Crippen LogP contribution is -2.49. The highest BCUT2D eigenvalue weighted by Gasteiger charge is 2.24. The fourth-order valence-electron chi connectivity index (χ4n) is 3.64. The summed E-state index contributed by atoms with van der Waals surface area (Å²) >= 11 is 0. The zero-order valence-electron chi connectivity index (χ0n) is 16.2. The van der Waals surface area contributed by atoms with Crippen LogP contribution < -0.4 is 4.74 Å². The maximum absolute atomic E-state index is 12.8. The van der Waals surface area contributed by atoms with Gasteiger partial charge in [-0.25, -0.2) is 0 Å². The highest BCUT2D eigenvalue weighted by Crippen LogP contribution is 2.18. The third-order valence-corrected chi connectivity index (χ3v) is 5.30. The standard InChI is InChI=1S/C22H26N4O2/c1-17-7-2-5-10-20(17)28-16-6-11-25-12-14-26(15-13-25)22(27)21-18-8-3-4-9-19(18)23-24-21/h2-5,7-10H,6,11-16H2,1H3,(H,23,24). The number of H-pyrrole nitrogens is 1. The van der Waals surface area contributed by atoms with Crippen molar-refractivity contribution in [1.82, 2.24) is 20.0 Å².